The summed E-state index contributed by atoms with van der Waals surface area (Å²) in [4.78, 5) is 0. The second-order valence-electron chi connectivity index (χ2n) is 9.31. The van der Waals surface area contributed by atoms with Crippen molar-refractivity contribution >= 4 is 31.2 Å². The largest absolute Gasteiger partial charge is 1.00 e. The third-order valence-electron chi connectivity index (χ3n) is 5.46. The summed E-state index contributed by atoms with van der Waals surface area (Å²) < 4.78 is 97.6. The molecule has 0 spiro atoms. The molecular formula is C24H57Na3O12S3. The van der Waals surface area contributed by atoms with E-state index in [0.29, 0.717) is 12.8 Å². The van der Waals surface area contributed by atoms with Gasteiger partial charge in [0.25, 0.3) is 0 Å². The third-order valence-corrected chi connectivity index (χ3v) is 6.39. The van der Waals surface area contributed by atoms with Gasteiger partial charge in [-0.1, -0.05) is 129 Å². The van der Waals surface area contributed by atoms with E-state index < -0.39 is 31.2 Å². The van der Waals surface area contributed by atoms with Crippen LogP contribution in [0.3, 0.4) is 0 Å². The maximum absolute atomic E-state index is 10.2. The zero-order valence-corrected chi connectivity index (χ0v) is 35.3. The topological polar surface area (TPSA) is 202 Å². The van der Waals surface area contributed by atoms with Crippen molar-refractivity contribution in [2.24, 2.45) is 0 Å². The fraction of sp³-hybridized carbons (Fsp3) is 1.00. The molecule has 0 amide bonds. The fourth-order valence-electron chi connectivity index (χ4n) is 3.51. The third kappa shape index (κ3) is 78.7. The van der Waals surface area contributed by atoms with Crippen LogP contribution in [0.2, 0.25) is 0 Å². The molecule has 0 aliphatic carbocycles. The molecule has 0 radical (unpaired) electrons. The van der Waals surface area contributed by atoms with Crippen LogP contribution in [0.25, 0.3) is 0 Å². The summed E-state index contributed by atoms with van der Waals surface area (Å²) in [7, 11) is -13.1. The van der Waals surface area contributed by atoms with Crippen molar-refractivity contribution in [1.29, 1.82) is 0 Å². The molecule has 0 rings (SSSR count). The normalized spacial score (nSPS) is 11.0. The Bertz CT molecular complexity index is 783. The van der Waals surface area contributed by atoms with Gasteiger partial charge in [-0.15, -0.1) is 0 Å². The quantitative estimate of drug-likeness (QED) is 0.0498. The minimum absolute atomic E-state index is 0. The number of unbranched alkanes of at least 4 members (excludes halogenated alkanes) is 18. The molecule has 0 fully saturated rings. The Hall–Kier alpha value is 2.61. The molecule has 246 valence electrons. The first-order chi connectivity index (χ1) is 18.1. The van der Waals surface area contributed by atoms with Crippen molar-refractivity contribution in [3.05, 3.63) is 0 Å². The van der Waals surface area contributed by atoms with E-state index in [1.807, 2.05) is 0 Å². The molecule has 0 atom stereocenters. The first kappa shape index (κ1) is 56.9. The van der Waals surface area contributed by atoms with Crippen molar-refractivity contribution in [3.8, 4) is 0 Å². The summed E-state index contributed by atoms with van der Waals surface area (Å²) in [6.07, 6.45) is 23.7. The van der Waals surface area contributed by atoms with Crippen LogP contribution in [0.4, 0.5) is 0 Å². The van der Waals surface area contributed by atoms with E-state index >= 15 is 0 Å². The van der Waals surface area contributed by atoms with Crippen LogP contribution in [0.5, 0.6) is 0 Å². The first-order valence-electron chi connectivity index (χ1n) is 14.1. The SMILES string of the molecule is CCCCCCCCCCCCOS(=O)(=O)O.CCCCCCCCCCCCOS(=O)(=O)O.O=S(=O)(O)O.[H-].[H-].[H-].[Na+].[Na+].[Na+]. The monoisotopic (exact) mass is 702 g/mol. The molecule has 0 aliphatic rings. The summed E-state index contributed by atoms with van der Waals surface area (Å²) in [6.45, 7) is 4.62. The van der Waals surface area contributed by atoms with Gasteiger partial charge in [-0.25, -0.2) is 8.37 Å². The summed E-state index contributed by atoms with van der Waals surface area (Å²) >= 11 is 0. The van der Waals surface area contributed by atoms with Gasteiger partial charge < -0.3 is 4.28 Å². The first-order valence-corrected chi connectivity index (χ1v) is 18.2. The van der Waals surface area contributed by atoms with Gasteiger partial charge >= 0.3 is 120 Å². The van der Waals surface area contributed by atoms with Crippen LogP contribution in [-0.4, -0.2) is 56.7 Å². The van der Waals surface area contributed by atoms with E-state index in [2.05, 4.69) is 22.2 Å². The molecule has 0 unspecified atom stereocenters. The zero-order chi connectivity index (χ0) is 30.5. The Morgan fingerprint density at radius 2 is 0.571 bits per heavy atom. The summed E-state index contributed by atoms with van der Waals surface area (Å²) in [5, 5.41) is 0. The van der Waals surface area contributed by atoms with Gasteiger partial charge in [0.2, 0.25) is 0 Å². The van der Waals surface area contributed by atoms with Crippen molar-refractivity contribution in [1.82, 2.24) is 0 Å². The Morgan fingerprint density at radius 3 is 0.738 bits per heavy atom. The molecule has 4 N–H and O–H groups in total. The van der Waals surface area contributed by atoms with Crippen molar-refractivity contribution in [3.63, 3.8) is 0 Å². The van der Waals surface area contributed by atoms with E-state index in [-0.39, 0.29) is 106 Å². The van der Waals surface area contributed by atoms with E-state index in [4.69, 9.17) is 26.6 Å². The molecular weight excluding hydrogens is 645 g/mol. The van der Waals surface area contributed by atoms with Gasteiger partial charge in [-0.2, -0.15) is 25.3 Å². The van der Waals surface area contributed by atoms with Gasteiger partial charge in [0.05, 0.1) is 13.2 Å². The minimum Gasteiger partial charge on any atom is -1.00 e. The average molecular weight is 703 g/mol. The van der Waals surface area contributed by atoms with E-state index in [1.165, 1.54) is 89.9 Å². The number of hydrogen-bond donors (Lipinski definition) is 4. The fourth-order valence-corrected chi connectivity index (χ4v) is 4.16. The number of rotatable bonds is 24. The Kier molecular flexibility index (Phi) is 53.9. The predicted octanol–water partition coefficient (Wildman–Crippen LogP) is -1.85. The van der Waals surface area contributed by atoms with Crippen molar-refractivity contribution < 1.29 is 145 Å². The van der Waals surface area contributed by atoms with Gasteiger partial charge in [0, 0.05) is 0 Å². The van der Waals surface area contributed by atoms with Crippen LogP contribution in [-0.2, 0) is 39.6 Å². The predicted molar refractivity (Wildman–Crippen MR) is 156 cm³/mol. The molecule has 0 heterocycles. The second-order valence-corrected chi connectivity index (χ2v) is 12.4. The molecule has 0 bridgehead atoms. The van der Waals surface area contributed by atoms with Gasteiger partial charge in [0.15, 0.2) is 0 Å². The van der Waals surface area contributed by atoms with Crippen LogP contribution >= 0.6 is 0 Å². The van der Waals surface area contributed by atoms with Crippen LogP contribution < -0.4 is 88.7 Å². The summed E-state index contributed by atoms with van der Waals surface area (Å²) in [5.41, 5.74) is 0. The number of hydrogen-bond acceptors (Lipinski definition) is 8. The van der Waals surface area contributed by atoms with E-state index in [0.717, 1.165) is 25.7 Å². The Labute approximate surface area is 327 Å². The Balaban J connectivity index is -0.0000000639. The van der Waals surface area contributed by atoms with E-state index in [1.54, 1.807) is 0 Å². The van der Waals surface area contributed by atoms with Crippen LogP contribution in [0.1, 0.15) is 147 Å². The smallest absolute Gasteiger partial charge is 1.00 e. The molecule has 12 nitrogen and oxygen atoms in total. The average Bonchev–Trinajstić information content (AvgIpc) is 2.79. The molecule has 0 aromatic heterocycles. The molecule has 18 heteroatoms. The van der Waals surface area contributed by atoms with Crippen LogP contribution in [0.15, 0.2) is 0 Å². The second kappa shape index (κ2) is 39.8. The zero-order valence-electron chi connectivity index (χ0n) is 29.8. The van der Waals surface area contributed by atoms with E-state index in [9.17, 15) is 16.8 Å². The summed E-state index contributed by atoms with van der Waals surface area (Å²) in [5.74, 6) is 0. The van der Waals surface area contributed by atoms with Crippen molar-refractivity contribution in [2.75, 3.05) is 13.2 Å². The summed E-state index contributed by atoms with van der Waals surface area (Å²) in [6, 6.07) is 0. The van der Waals surface area contributed by atoms with Crippen molar-refractivity contribution in [2.45, 2.75) is 142 Å². The Morgan fingerprint density at radius 1 is 0.405 bits per heavy atom. The molecule has 0 saturated carbocycles. The molecule has 0 saturated heterocycles. The molecule has 0 aromatic carbocycles. The van der Waals surface area contributed by atoms with Crippen LogP contribution in [0, 0.1) is 0 Å². The maximum Gasteiger partial charge on any atom is 1.00 e. The standard InChI is InChI=1S/2C12H26O4S.3Na.H2O4S.3H/c2*1-2-3-4-5-6-7-8-9-10-11-12-16-17(13,14)15;;;;1-5(2,3)4;;;/h2*2-12H2,1H3,(H,13,14,15);;;;(H2,1,2,3,4);;;/q;;3*+1;;3*-1. The maximum atomic E-state index is 10.2. The van der Waals surface area contributed by atoms with Gasteiger partial charge in [-0.05, 0) is 12.8 Å². The van der Waals surface area contributed by atoms with Gasteiger partial charge in [0.1, 0.15) is 0 Å². The molecule has 0 aliphatic heterocycles. The molecule has 0 aromatic rings. The van der Waals surface area contributed by atoms with Gasteiger partial charge in [-0.3, -0.25) is 18.2 Å². The minimum atomic E-state index is -4.67. The molecule has 42 heavy (non-hydrogen) atoms.